The van der Waals surface area contributed by atoms with Crippen molar-refractivity contribution < 1.29 is 14.4 Å². The smallest absolute Gasteiger partial charge is 0.314 e. The molecule has 0 spiro atoms. The van der Waals surface area contributed by atoms with Crippen molar-refractivity contribution in [2.45, 2.75) is 33.4 Å². The van der Waals surface area contributed by atoms with E-state index in [1.54, 1.807) is 0 Å². The molecule has 0 radical (unpaired) electrons. The highest BCUT2D eigenvalue weighted by atomic mass is 32.1. The first-order valence-electron chi connectivity index (χ1n) is 10.4. The maximum Gasteiger partial charge on any atom is 0.314 e. The van der Waals surface area contributed by atoms with E-state index < -0.39 is 0 Å². The number of piperidine rings is 1. The predicted octanol–water partition coefficient (Wildman–Crippen LogP) is 3.29. The molecular formula is C23H28N3O2S+. The predicted molar refractivity (Wildman–Crippen MR) is 117 cm³/mol. The highest BCUT2D eigenvalue weighted by molar-refractivity contribution is 7.71. The van der Waals surface area contributed by atoms with E-state index in [1.165, 1.54) is 10.5 Å². The number of esters is 1. The molecule has 1 saturated heterocycles. The Morgan fingerprint density at radius 3 is 2.62 bits per heavy atom. The fraction of sp³-hybridized carbons (Fsp3) is 0.391. The molecule has 1 aromatic heterocycles. The quantitative estimate of drug-likeness (QED) is 0.518. The van der Waals surface area contributed by atoms with Gasteiger partial charge in [0.15, 0.2) is 11.4 Å². The molecule has 1 aliphatic heterocycles. The molecule has 0 saturated carbocycles. The summed E-state index contributed by atoms with van der Waals surface area (Å²) in [4.78, 5) is 13.6. The van der Waals surface area contributed by atoms with E-state index in [0.717, 1.165) is 54.1 Å². The molecule has 3 aromatic rings. The number of aryl methyl sites for hydroxylation is 1. The Morgan fingerprint density at radius 2 is 1.90 bits per heavy atom. The summed E-state index contributed by atoms with van der Waals surface area (Å²) in [5.74, 6) is -0.0753. The second-order valence-corrected chi connectivity index (χ2v) is 8.19. The second-order valence-electron chi connectivity index (χ2n) is 7.82. The highest BCUT2D eigenvalue weighted by Gasteiger charge is 2.30. The molecule has 0 aliphatic carbocycles. The number of ether oxygens (including phenoxy) is 1. The van der Waals surface area contributed by atoms with Gasteiger partial charge in [-0.1, -0.05) is 29.8 Å². The Morgan fingerprint density at radius 1 is 1.17 bits per heavy atom. The van der Waals surface area contributed by atoms with Crippen LogP contribution in [0.3, 0.4) is 0 Å². The first-order chi connectivity index (χ1) is 14.1. The Kier molecular flexibility index (Phi) is 5.83. The van der Waals surface area contributed by atoms with Gasteiger partial charge in [-0.05, 0) is 63.2 Å². The summed E-state index contributed by atoms with van der Waals surface area (Å²) in [6.07, 6.45) is 1.95. The van der Waals surface area contributed by atoms with E-state index in [2.05, 4.69) is 64.6 Å². The van der Waals surface area contributed by atoms with Gasteiger partial charge in [-0.15, -0.1) is 0 Å². The summed E-state index contributed by atoms with van der Waals surface area (Å²) in [5.41, 5.74) is 4.55. The summed E-state index contributed by atoms with van der Waals surface area (Å²) in [6.45, 7) is 7.00. The maximum atomic E-state index is 12.2. The molecule has 2 aromatic carbocycles. The maximum absolute atomic E-state index is 12.2. The molecule has 2 atom stereocenters. The molecule has 0 bridgehead atoms. The fourth-order valence-corrected chi connectivity index (χ4v) is 4.65. The van der Waals surface area contributed by atoms with Crippen molar-refractivity contribution in [2.24, 2.45) is 5.92 Å². The molecule has 29 heavy (non-hydrogen) atoms. The van der Waals surface area contributed by atoms with Crippen LogP contribution in [0.5, 0.6) is 0 Å². The van der Waals surface area contributed by atoms with Gasteiger partial charge in [-0.3, -0.25) is 13.9 Å². The van der Waals surface area contributed by atoms with Gasteiger partial charge in [0.2, 0.25) is 0 Å². The van der Waals surface area contributed by atoms with Gasteiger partial charge in [0.05, 0.1) is 30.7 Å². The molecule has 5 nitrogen and oxygen atoms in total. The standard InChI is InChI=1S/C23H27N3O2S/c1-3-28-22(27)18-7-6-14-24(15-18)16-25-20-8-4-5-9-21(20)26(23(25)29)19-12-10-17(2)11-13-19/h4-5,8-13,18H,3,6-7,14-16H2,1-2H3/p+1/t18-/m0/s1. The van der Waals surface area contributed by atoms with Crippen molar-refractivity contribution in [3.63, 3.8) is 0 Å². The van der Waals surface area contributed by atoms with Gasteiger partial charge in [0.25, 0.3) is 0 Å². The van der Waals surface area contributed by atoms with E-state index in [-0.39, 0.29) is 11.9 Å². The zero-order valence-corrected chi connectivity index (χ0v) is 17.9. The average Bonchev–Trinajstić information content (AvgIpc) is 3.01. The van der Waals surface area contributed by atoms with Crippen LogP contribution in [0.1, 0.15) is 25.3 Å². The number of rotatable bonds is 5. The number of likely N-dealkylation sites (tertiary alicyclic amines) is 1. The molecule has 1 unspecified atom stereocenters. The van der Waals surface area contributed by atoms with Crippen LogP contribution in [-0.4, -0.2) is 34.8 Å². The fourth-order valence-electron chi connectivity index (χ4n) is 4.28. The summed E-state index contributed by atoms with van der Waals surface area (Å²) in [5, 5.41) is 0. The molecule has 1 fully saturated rings. The van der Waals surface area contributed by atoms with E-state index in [0.29, 0.717) is 6.61 Å². The molecule has 0 amide bonds. The van der Waals surface area contributed by atoms with Crippen LogP contribution in [0.4, 0.5) is 0 Å². The molecule has 1 aliphatic rings. The minimum Gasteiger partial charge on any atom is -0.466 e. The Balaban J connectivity index is 1.68. The number of aromatic nitrogens is 2. The largest absolute Gasteiger partial charge is 0.466 e. The van der Waals surface area contributed by atoms with Gasteiger partial charge in [0.1, 0.15) is 5.92 Å². The Bertz CT molecular complexity index is 1070. The molecule has 152 valence electrons. The van der Waals surface area contributed by atoms with Crippen LogP contribution in [0.25, 0.3) is 16.7 Å². The molecule has 1 N–H and O–H groups in total. The van der Waals surface area contributed by atoms with Crippen LogP contribution in [0.2, 0.25) is 0 Å². The zero-order chi connectivity index (χ0) is 20.4. The lowest BCUT2D eigenvalue weighted by molar-refractivity contribution is -0.929. The van der Waals surface area contributed by atoms with Crippen LogP contribution >= 0.6 is 12.2 Å². The summed E-state index contributed by atoms with van der Waals surface area (Å²) < 4.78 is 10.4. The van der Waals surface area contributed by atoms with Gasteiger partial charge < -0.3 is 9.64 Å². The van der Waals surface area contributed by atoms with Crippen molar-refractivity contribution in [1.82, 2.24) is 9.13 Å². The van der Waals surface area contributed by atoms with Gasteiger partial charge in [0, 0.05) is 5.69 Å². The van der Waals surface area contributed by atoms with Gasteiger partial charge in [-0.2, -0.15) is 0 Å². The van der Waals surface area contributed by atoms with Crippen LogP contribution in [0, 0.1) is 17.6 Å². The molecule has 4 rings (SSSR count). The number of para-hydroxylation sites is 2. The van der Waals surface area contributed by atoms with Gasteiger partial charge >= 0.3 is 5.97 Å². The SMILES string of the molecule is CCOC(=O)[C@H]1CCC[NH+](Cn2c(=S)n(-c3ccc(C)cc3)c3ccccc32)C1. The molecular weight excluding hydrogens is 382 g/mol. The van der Waals surface area contributed by atoms with E-state index in [4.69, 9.17) is 17.0 Å². The second kappa shape index (κ2) is 8.51. The highest BCUT2D eigenvalue weighted by Crippen LogP contribution is 2.22. The lowest BCUT2D eigenvalue weighted by Gasteiger charge is -2.28. The lowest BCUT2D eigenvalue weighted by atomic mass is 9.98. The van der Waals surface area contributed by atoms with Crippen LogP contribution < -0.4 is 4.90 Å². The average molecular weight is 411 g/mol. The first kappa shape index (κ1) is 19.9. The van der Waals surface area contributed by atoms with Crippen molar-refractivity contribution in [2.75, 3.05) is 19.7 Å². The third-order valence-corrected chi connectivity index (χ3v) is 6.15. The summed E-state index contributed by atoms with van der Waals surface area (Å²) in [6, 6.07) is 16.8. The third-order valence-electron chi connectivity index (χ3n) is 5.75. The Hall–Kier alpha value is -2.44. The molecule has 2 heterocycles. The van der Waals surface area contributed by atoms with Crippen molar-refractivity contribution in [3.05, 3.63) is 58.9 Å². The topological polar surface area (TPSA) is 40.6 Å². The third kappa shape index (κ3) is 4.00. The minimum atomic E-state index is -0.0598. The number of carbonyl (C=O) groups is 1. The number of nitrogens with zero attached hydrogens (tertiary/aromatic N) is 2. The van der Waals surface area contributed by atoms with Crippen LogP contribution in [-0.2, 0) is 16.2 Å². The lowest BCUT2D eigenvalue weighted by Crippen LogP contribution is -3.13. The summed E-state index contributed by atoms with van der Waals surface area (Å²) >= 11 is 5.92. The summed E-state index contributed by atoms with van der Waals surface area (Å²) in [7, 11) is 0. The van der Waals surface area contributed by atoms with Crippen LogP contribution in [0.15, 0.2) is 48.5 Å². The first-order valence-corrected chi connectivity index (χ1v) is 10.8. The number of hydrogen-bond donors (Lipinski definition) is 1. The zero-order valence-electron chi connectivity index (χ0n) is 17.1. The van der Waals surface area contributed by atoms with Crippen molar-refractivity contribution >= 4 is 29.2 Å². The van der Waals surface area contributed by atoms with Crippen molar-refractivity contribution in [1.29, 1.82) is 0 Å². The normalized spacial score (nSPS) is 19.4. The minimum absolute atomic E-state index is 0.0154. The monoisotopic (exact) mass is 410 g/mol. The van der Waals surface area contributed by atoms with E-state index >= 15 is 0 Å². The van der Waals surface area contributed by atoms with E-state index in [1.807, 2.05) is 6.92 Å². The molecule has 6 heteroatoms. The van der Waals surface area contributed by atoms with Gasteiger partial charge in [-0.25, -0.2) is 0 Å². The number of nitrogens with one attached hydrogen (secondary N) is 1. The van der Waals surface area contributed by atoms with E-state index in [9.17, 15) is 4.79 Å². The Labute approximate surface area is 176 Å². The number of imidazole rings is 1. The number of fused-ring (bicyclic) bond motifs is 1. The number of hydrogen-bond acceptors (Lipinski definition) is 3. The number of quaternary nitrogens is 1. The van der Waals surface area contributed by atoms with Crippen molar-refractivity contribution in [3.8, 4) is 5.69 Å². The number of benzene rings is 2. The number of carbonyl (C=O) groups excluding carboxylic acids is 1.